The third-order valence-corrected chi connectivity index (χ3v) is 2.37. The molecule has 18 heavy (non-hydrogen) atoms. The van der Waals surface area contributed by atoms with Crippen molar-refractivity contribution in [3.05, 3.63) is 0 Å². The molecule has 0 saturated heterocycles. The molecule has 8 N–H and O–H groups in total. The predicted octanol–water partition coefficient (Wildman–Crippen LogP) is -1.11. The molecular formula is C6H20N2O8P2. The molecule has 0 aliphatic heterocycles. The highest BCUT2D eigenvalue weighted by atomic mass is 31.2. The van der Waals surface area contributed by atoms with Crippen LogP contribution in [0.15, 0.2) is 0 Å². The summed E-state index contributed by atoms with van der Waals surface area (Å²) in [5.74, 6) is 0. The highest BCUT2D eigenvalue weighted by Gasteiger charge is 2.19. The molecular weight excluding hydrogens is 290 g/mol. The molecule has 0 fully saturated rings. The maximum Gasteiger partial charge on any atom is 0.469 e. The highest BCUT2D eigenvalue weighted by molar-refractivity contribution is 7.46. The second-order valence-corrected chi connectivity index (χ2v) is 5.44. The average molecular weight is 310 g/mol. The third-order valence-electron chi connectivity index (χ3n) is 1.28. The Kier molecular flexibility index (Phi) is 11.4. The number of nitrogens with two attached hydrogens (primary N) is 2. The van der Waals surface area contributed by atoms with Crippen LogP contribution in [-0.4, -0.2) is 45.4 Å². The number of phosphoric acid groups is 2. The van der Waals surface area contributed by atoms with Crippen LogP contribution in [0.3, 0.4) is 0 Å². The van der Waals surface area contributed by atoms with E-state index in [-0.39, 0.29) is 19.7 Å². The van der Waals surface area contributed by atoms with Gasteiger partial charge in [-0.3, -0.25) is 9.05 Å². The minimum absolute atomic E-state index is 0.00160. The summed E-state index contributed by atoms with van der Waals surface area (Å²) >= 11 is 0. The molecule has 0 rings (SSSR count). The molecule has 0 aromatic rings. The number of phosphoric ester groups is 2. The molecule has 10 nitrogen and oxygen atoms in total. The SMILES string of the molecule is CCCOP(=O)(O)O.NCC(CN)OP(=O)(O)O. The second kappa shape index (κ2) is 9.99. The van der Waals surface area contributed by atoms with Crippen LogP contribution in [0.1, 0.15) is 13.3 Å². The maximum absolute atomic E-state index is 10.1. The molecule has 112 valence electrons. The van der Waals surface area contributed by atoms with Gasteiger partial charge in [-0.05, 0) is 6.42 Å². The zero-order chi connectivity index (χ0) is 14.8. The van der Waals surface area contributed by atoms with Gasteiger partial charge < -0.3 is 31.0 Å². The first kappa shape index (κ1) is 20.5. The Morgan fingerprint density at radius 1 is 1.06 bits per heavy atom. The van der Waals surface area contributed by atoms with Crippen molar-refractivity contribution in [1.29, 1.82) is 0 Å². The smallest absolute Gasteiger partial charge is 0.328 e. The standard InChI is InChI=1S/C3H11N2O4P.C3H9O4P/c4-1-3(2-5)9-10(6,7)8;1-2-3-7-8(4,5)6/h3H,1-2,4-5H2,(H2,6,7,8);2-3H2,1H3,(H2,4,5,6). The Balaban J connectivity index is 0. The van der Waals surface area contributed by atoms with E-state index in [4.69, 9.17) is 31.0 Å². The summed E-state index contributed by atoms with van der Waals surface area (Å²) < 4.78 is 28.2. The van der Waals surface area contributed by atoms with Crippen molar-refractivity contribution in [2.24, 2.45) is 11.5 Å². The number of hydrogen-bond acceptors (Lipinski definition) is 6. The normalized spacial score (nSPS) is 12.2. The molecule has 0 aromatic carbocycles. The summed E-state index contributed by atoms with van der Waals surface area (Å²) in [5, 5.41) is 0. The van der Waals surface area contributed by atoms with Crippen LogP contribution < -0.4 is 11.5 Å². The molecule has 0 radical (unpaired) electrons. The third kappa shape index (κ3) is 18.5. The van der Waals surface area contributed by atoms with Gasteiger partial charge in [0.05, 0.1) is 12.7 Å². The van der Waals surface area contributed by atoms with Gasteiger partial charge in [0, 0.05) is 13.1 Å². The minimum atomic E-state index is -4.41. The monoisotopic (exact) mass is 310 g/mol. The van der Waals surface area contributed by atoms with Gasteiger partial charge in [-0.1, -0.05) is 6.92 Å². The minimum Gasteiger partial charge on any atom is -0.328 e. The largest absolute Gasteiger partial charge is 0.469 e. The first-order valence-corrected chi connectivity index (χ1v) is 7.96. The van der Waals surface area contributed by atoms with Gasteiger partial charge in [0.15, 0.2) is 0 Å². The lowest BCUT2D eigenvalue weighted by atomic mass is 10.4. The molecule has 0 spiro atoms. The molecule has 12 heteroatoms. The molecule has 0 aromatic heterocycles. The molecule has 0 bridgehead atoms. The van der Waals surface area contributed by atoms with Gasteiger partial charge in [0.25, 0.3) is 0 Å². The molecule has 0 atom stereocenters. The fraction of sp³-hybridized carbons (Fsp3) is 1.00. The maximum atomic E-state index is 10.1. The average Bonchev–Trinajstić information content (AvgIpc) is 2.21. The van der Waals surface area contributed by atoms with Crippen molar-refractivity contribution >= 4 is 15.6 Å². The van der Waals surface area contributed by atoms with Crippen LogP contribution in [0.4, 0.5) is 0 Å². The van der Waals surface area contributed by atoms with Crippen molar-refractivity contribution in [3.63, 3.8) is 0 Å². The van der Waals surface area contributed by atoms with Gasteiger partial charge in [0.1, 0.15) is 0 Å². The number of hydrogen-bond donors (Lipinski definition) is 6. The first-order chi connectivity index (χ1) is 8.05. The lowest BCUT2D eigenvalue weighted by Gasteiger charge is -2.13. The predicted molar refractivity (Wildman–Crippen MR) is 63.3 cm³/mol. The summed E-state index contributed by atoms with van der Waals surface area (Å²) in [5.41, 5.74) is 10.1. The van der Waals surface area contributed by atoms with Crippen LogP contribution in [0.25, 0.3) is 0 Å². The summed E-state index contributed by atoms with van der Waals surface area (Å²) in [6.07, 6.45) is -0.147. The van der Waals surface area contributed by atoms with Crippen LogP contribution in [0.2, 0.25) is 0 Å². The fourth-order valence-electron chi connectivity index (χ4n) is 0.587. The van der Waals surface area contributed by atoms with E-state index in [9.17, 15) is 9.13 Å². The summed E-state index contributed by atoms with van der Waals surface area (Å²) in [6, 6.07) is 0. The molecule has 0 aliphatic carbocycles. The Morgan fingerprint density at radius 2 is 1.50 bits per heavy atom. The zero-order valence-corrected chi connectivity index (χ0v) is 11.7. The van der Waals surface area contributed by atoms with Gasteiger partial charge in [0.2, 0.25) is 0 Å². The van der Waals surface area contributed by atoms with Crippen LogP contribution in [0, 0.1) is 0 Å². The van der Waals surface area contributed by atoms with E-state index in [1.807, 2.05) is 0 Å². The van der Waals surface area contributed by atoms with Gasteiger partial charge in [-0.25, -0.2) is 9.13 Å². The van der Waals surface area contributed by atoms with Gasteiger partial charge in [-0.15, -0.1) is 0 Å². The van der Waals surface area contributed by atoms with Crippen molar-refractivity contribution in [1.82, 2.24) is 0 Å². The topological polar surface area (TPSA) is 186 Å². The highest BCUT2D eigenvalue weighted by Crippen LogP contribution is 2.37. The van der Waals surface area contributed by atoms with Crippen molar-refractivity contribution in [3.8, 4) is 0 Å². The van der Waals surface area contributed by atoms with E-state index in [0.29, 0.717) is 6.42 Å². The van der Waals surface area contributed by atoms with Crippen molar-refractivity contribution in [2.45, 2.75) is 19.4 Å². The van der Waals surface area contributed by atoms with E-state index in [2.05, 4.69) is 9.05 Å². The van der Waals surface area contributed by atoms with Gasteiger partial charge >= 0.3 is 15.6 Å². The Labute approximate surface area is 105 Å². The second-order valence-electron chi connectivity index (χ2n) is 3.01. The van der Waals surface area contributed by atoms with Crippen LogP contribution >= 0.6 is 15.6 Å². The zero-order valence-electron chi connectivity index (χ0n) is 9.88. The van der Waals surface area contributed by atoms with E-state index < -0.39 is 21.7 Å². The molecule has 0 heterocycles. The summed E-state index contributed by atoms with van der Waals surface area (Å²) in [4.78, 5) is 32.5. The Bertz CT molecular complexity index is 285. The van der Waals surface area contributed by atoms with E-state index in [1.165, 1.54) is 0 Å². The van der Waals surface area contributed by atoms with Crippen LogP contribution in [-0.2, 0) is 18.2 Å². The van der Waals surface area contributed by atoms with E-state index in [0.717, 1.165) is 0 Å². The van der Waals surface area contributed by atoms with Gasteiger partial charge in [-0.2, -0.15) is 0 Å². The Morgan fingerprint density at radius 3 is 1.61 bits per heavy atom. The molecule has 0 aliphatic rings. The number of rotatable bonds is 7. The first-order valence-electron chi connectivity index (χ1n) is 4.89. The molecule has 0 saturated carbocycles. The quantitative estimate of drug-likeness (QED) is 0.315. The molecule has 0 unspecified atom stereocenters. The lowest BCUT2D eigenvalue weighted by molar-refractivity contribution is 0.142. The van der Waals surface area contributed by atoms with Crippen molar-refractivity contribution in [2.75, 3.05) is 19.7 Å². The van der Waals surface area contributed by atoms with Crippen molar-refractivity contribution < 1.29 is 37.8 Å². The fourth-order valence-corrected chi connectivity index (χ4v) is 1.57. The molecule has 0 amide bonds. The van der Waals surface area contributed by atoms with Crippen LogP contribution in [0.5, 0.6) is 0 Å². The lowest BCUT2D eigenvalue weighted by Crippen LogP contribution is -2.30. The Hall–Kier alpha value is 0.140. The summed E-state index contributed by atoms with van der Waals surface area (Å²) in [7, 11) is -8.60. The van der Waals surface area contributed by atoms with E-state index in [1.54, 1.807) is 6.92 Å². The van der Waals surface area contributed by atoms with E-state index >= 15 is 0 Å². The summed E-state index contributed by atoms with van der Waals surface area (Å²) in [6.45, 7) is 1.89.